The Morgan fingerprint density at radius 2 is 1.82 bits per heavy atom. The van der Waals surface area contributed by atoms with Crippen LogP contribution in [0.4, 0.5) is 10.1 Å². The third-order valence-electron chi connectivity index (χ3n) is 7.71. The minimum atomic E-state index is -0.901. The first-order chi connectivity index (χ1) is 18.2. The van der Waals surface area contributed by atoms with Gasteiger partial charge in [0.2, 0.25) is 0 Å². The number of piperazine rings is 1. The summed E-state index contributed by atoms with van der Waals surface area (Å²) in [7, 11) is 0. The maximum atomic E-state index is 14.1. The number of hydrogen-bond acceptors (Lipinski definition) is 5. The van der Waals surface area contributed by atoms with Crippen LogP contribution in [0.1, 0.15) is 53.9 Å². The topological polar surface area (TPSA) is 67.6 Å². The lowest BCUT2D eigenvalue weighted by atomic mass is 9.73. The maximum Gasteiger partial charge on any atom is 0.335 e. The smallest absolute Gasteiger partial charge is 0.335 e. The number of carboxylic acids is 1. The van der Waals surface area contributed by atoms with Gasteiger partial charge in [-0.05, 0) is 95.3 Å². The number of aromatic carboxylic acids is 1. The molecule has 0 amide bonds. The Bertz CT molecular complexity index is 1410. The van der Waals surface area contributed by atoms with E-state index in [1.165, 1.54) is 28.2 Å². The molecule has 2 heterocycles. The van der Waals surface area contributed by atoms with E-state index in [0.717, 1.165) is 68.8 Å². The predicted molar refractivity (Wildman–Crippen MR) is 151 cm³/mol. The number of rotatable bonds is 6. The highest BCUT2D eigenvalue weighted by Gasteiger charge is 2.30. The second-order valence-corrected chi connectivity index (χ2v) is 12.0. The van der Waals surface area contributed by atoms with Crippen molar-refractivity contribution in [2.24, 2.45) is 5.41 Å². The van der Waals surface area contributed by atoms with Crippen LogP contribution in [0, 0.1) is 22.6 Å². The van der Waals surface area contributed by atoms with Gasteiger partial charge in [-0.25, -0.2) is 9.18 Å². The van der Waals surface area contributed by atoms with Crippen molar-refractivity contribution < 1.29 is 14.3 Å². The van der Waals surface area contributed by atoms with Crippen molar-refractivity contribution >= 4 is 28.6 Å². The average molecular weight is 530 g/mol. The Morgan fingerprint density at radius 1 is 1.08 bits per heavy atom. The zero-order valence-electron chi connectivity index (χ0n) is 21.8. The standard InChI is InChI=1S/C31H32FN3O2S/c1-31(2)8-7-23(19-34-9-11-35(12-10-34)27-5-3-22(4-6-27)30(36)37)28(17-31)29-16-25(20-38-29)24-13-21(18-33)14-26(32)15-24/h3-6,13-16,20H,7-12,17,19H2,1-2H3,(H,36,37). The molecule has 0 atom stereocenters. The Morgan fingerprint density at radius 3 is 2.50 bits per heavy atom. The summed E-state index contributed by atoms with van der Waals surface area (Å²) >= 11 is 1.71. The number of anilines is 1. The van der Waals surface area contributed by atoms with Gasteiger partial charge in [-0.15, -0.1) is 11.3 Å². The molecule has 1 saturated heterocycles. The van der Waals surface area contributed by atoms with E-state index in [1.807, 2.05) is 12.1 Å². The van der Waals surface area contributed by atoms with Crippen LogP contribution in [0.15, 0.2) is 59.5 Å². The van der Waals surface area contributed by atoms with Gasteiger partial charge in [0, 0.05) is 43.3 Å². The quantitative estimate of drug-likeness (QED) is 0.376. The molecule has 196 valence electrons. The summed E-state index contributed by atoms with van der Waals surface area (Å²) in [5.74, 6) is -1.29. The van der Waals surface area contributed by atoms with Crippen LogP contribution >= 0.6 is 11.3 Å². The molecule has 0 radical (unpaired) electrons. The van der Waals surface area contributed by atoms with Gasteiger partial charge >= 0.3 is 5.97 Å². The SMILES string of the molecule is CC1(C)CCC(CN2CCN(c3ccc(C(=O)O)cc3)CC2)=C(c2cc(-c3cc(F)cc(C#N)c3)cs2)C1. The number of allylic oxidation sites excluding steroid dienone is 1. The Balaban J connectivity index is 1.32. The van der Waals surface area contributed by atoms with Gasteiger partial charge in [0.1, 0.15) is 5.82 Å². The van der Waals surface area contributed by atoms with E-state index in [0.29, 0.717) is 11.1 Å². The summed E-state index contributed by atoms with van der Waals surface area (Å²) in [6.07, 6.45) is 3.26. The number of hydrogen-bond donors (Lipinski definition) is 1. The summed E-state index contributed by atoms with van der Waals surface area (Å²) < 4.78 is 14.1. The van der Waals surface area contributed by atoms with Gasteiger partial charge < -0.3 is 10.0 Å². The van der Waals surface area contributed by atoms with Crippen LogP contribution in [0.3, 0.4) is 0 Å². The molecule has 38 heavy (non-hydrogen) atoms. The summed E-state index contributed by atoms with van der Waals surface area (Å²) in [5.41, 5.74) is 6.56. The lowest BCUT2D eigenvalue weighted by molar-refractivity contribution is 0.0697. The highest BCUT2D eigenvalue weighted by molar-refractivity contribution is 7.11. The van der Waals surface area contributed by atoms with Crippen molar-refractivity contribution in [2.75, 3.05) is 37.6 Å². The van der Waals surface area contributed by atoms with E-state index in [4.69, 9.17) is 5.11 Å². The van der Waals surface area contributed by atoms with E-state index < -0.39 is 5.97 Å². The molecule has 1 fully saturated rings. The average Bonchev–Trinajstić information content (AvgIpc) is 3.40. The van der Waals surface area contributed by atoms with Crippen molar-refractivity contribution in [1.82, 2.24) is 4.90 Å². The largest absolute Gasteiger partial charge is 0.478 e. The fourth-order valence-electron chi connectivity index (χ4n) is 5.48. The molecular formula is C31H32FN3O2S. The first-order valence-electron chi connectivity index (χ1n) is 13.0. The molecule has 0 spiro atoms. The molecule has 1 aromatic heterocycles. The van der Waals surface area contributed by atoms with Crippen LogP contribution < -0.4 is 4.90 Å². The van der Waals surface area contributed by atoms with E-state index in [9.17, 15) is 14.4 Å². The molecule has 1 N–H and O–H groups in total. The summed E-state index contributed by atoms with van der Waals surface area (Å²) in [4.78, 5) is 17.2. The molecule has 0 unspecified atom stereocenters. The van der Waals surface area contributed by atoms with Crippen molar-refractivity contribution in [3.05, 3.63) is 81.3 Å². The second-order valence-electron chi connectivity index (χ2n) is 11.1. The van der Waals surface area contributed by atoms with Crippen LogP contribution in [0.2, 0.25) is 0 Å². The Kier molecular flexibility index (Phi) is 7.38. The fraction of sp³-hybridized carbons (Fsp3) is 0.355. The number of thiophene rings is 1. The summed E-state index contributed by atoms with van der Waals surface area (Å²) in [6, 6.07) is 15.9. The summed E-state index contributed by atoms with van der Waals surface area (Å²) in [6.45, 7) is 9.34. The Hall–Kier alpha value is -3.47. The number of benzene rings is 2. The van der Waals surface area contributed by atoms with Crippen molar-refractivity contribution in [3.8, 4) is 17.2 Å². The molecular weight excluding hydrogens is 497 g/mol. The summed E-state index contributed by atoms with van der Waals surface area (Å²) in [5, 5.41) is 20.5. The number of nitrogens with zero attached hydrogens (tertiary/aromatic N) is 3. The third-order valence-corrected chi connectivity index (χ3v) is 8.70. The molecule has 1 aliphatic carbocycles. The van der Waals surface area contributed by atoms with Gasteiger partial charge in [0.25, 0.3) is 0 Å². The number of carboxylic acid groups (broad SMARTS) is 1. The zero-order valence-corrected chi connectivity index (χ0v) is 22.7. The van der Waals surface area contributed by atoms with E-state index in [2.05, 4.69) is 41.2 Å². The van der Waals surface area contributed by atoms with Crippen LogP contribution in [0.25, 0.3) is 16.7 Å². The van der Waals surface area contributed by atoms with E-state index >= 15 is 0 Å². The van der Waals surface area contributed by atoms with Gasteiger partial charge in [0.05, 0.1) is 17.2 Å². The van der Waals surface area contributed by atoms with Gasteiger partial charge in [-0.2, -0.15) is 5.26 Å². The van der Waals surface area contributed by atoms with Crippen molar-refractivity contribution in [3.63, 3.8) is 0 Å². The highest BCUT2D eigenvalue weighted by atomic mass is 32.1. The van der Waals surface area contributed by atoms with Crippen LogP contribution in [0.5, 0.6) is 0 Å². The van der Waals surface area contributed by atoms with Crippen LogP contribution in [-0.4, -0.2) is 48.7 Å². The molecule has 0 saturated carbocycles. The van der Waals surface area contributed by atoms with Crippen molar-refractivity contribution in [1.29, 1.82) is 5.26 Å². The minimum Gasteiger partial charge on any atom is -0.478 e. The first kappa shape index (κ1) is 26.1. The molecule has 0 bridgehead atoms. The number of halogens is 1. The highest BCUT2D eigenvalue weighted by Crippen LogP contribution is 2.45. The fourth-order valence-corrected chi connectivity index (χ4v) is 6.50. The maximum absolute atomic E-state index is 14.1. The number of nitriles is 1. The minimum absolute atomic E-state index is 0.233. The molecule has 2 aliphatic rings. The van der Waals surface area contributed by atoms with E-state index in [1.54, 1.807) is 29.5 Å². The number of carbonyl (C=O) groups is 1. The monoisotopic (exact) mass is 529 g/mol. The van der Waals surface area contributed by atoms with Gasteiger partial charge in [-0.1, -0.05) is 19.4 Å². The van der Waals surface area contributed by atoms with Gasteiger partial charge in [-0.3, -0.25) is 4.90 Å². The molecule has 7 heteroatoms. The zero-order chi connectivity index (χ0) is 26.9. The molecule has 3 aromatic rings. The van der Waals surface area contributed by atoms with E-state index in [-0.39, 0.29) is 11.2 Å². The van der Waals surface area contributed by atoms with Crippen LogP contribution in [-0.2, 0) is 0 Å². The molecule has 5 rings (SSSR count). The normalized spacial score (nSPS) is 17.9. The molecule has 2 aromatic carbocycles. The second kappa shape index (κ2) is 10.7. The first-order valence-corrected chi connectivity index (χ1v) is 13.9. The lowest BCUT2D eigenvalue weighted by Gasteiger charge is -2.39. The molecule has 5 nitrogen and oxygen atoms in total. The third kappa shape index (κ3) is 5.82. The molecule has 1 aliphatic heterocycles. The van der Waals surface area contributed by atoms with Crippen molar-refractivity contribution in [2.45, 2.75) is 33.1 Å². The van der Waals surface area contributed by atoms with Gasteiger partial charge in [0.15, 0.2) is 0 Å². The predicted octanol–water partition coefficient (Wildman–Crippen LogP) is 6.91. The Labute approximate surface area is 227 Å². The lowest BCUT2D eigenvalue weighted by Crippen LogP contribution is -2.47.